The van der Waals surface area contributed by atoms with E-state index in [4.69, 9.17) is 10.5 Å². The molecule has 0 fully saturated rings. The minimum absolute atomic E-state index is 0.0508. The highest BCUT2D eigenvalue weighted by Crippen LogP contribution is 2.29. The van der Waals surface area contributed by atoms with Crippen LogP contribution in [0.15, 0.2) is 48.5 Å². The van der Waals surface area contributed by atoms with E-state index in [1.165, 1.54) is 12.1 Å². The number of rotatable bonds is 7. The van der Waals surface area contributed by atoms with E-state index < -0.39 is 11.7 Å². The topological polar surface area (TPSA) is 64.3 Å². The van der Waals surface area contributed by atoms with Gasteiger partial charge in [0.1, 0.15) is 5.75 Å². The van der Waals surface area contributed by atoms with Crippen LogP contribution < -0.4 is 15.8 Å². The smallest absolute Gasteiger partial charge is 0.416 e. The number of carbonyl (C=O) groups is 1. The lowest BCUT2D eigenvalue weighted by Gasteiger charge is -2.10. The first-order valence-electron chi connectivity index (χ1n) is 7.76. The van der Waals surface area contributed by atoms with Crippen molar-refractivity contribution in [3.05, 3.63) is 59.7 Å². The van der Waals surface area contributed by atoms with Crippen molar-refractivity contribution in [1.82, 2.24) is 5.32 Å². The number of nitrogens with one attached hydrogen (secondary N) is 1. The molecule has 0 aliphatic heterocycles. The molecule has 2 rings (SSSR count). The molecule has 0 radical (unpaired) electrons. The maximum atomic E-state index is 12.6. The van der Waals surface area contributed by atoms with Gasteiger partial charge in [-0.05, 0) is 36.2 Å². The zero-order chi connectivity index (χ0) is 18.3. The summed E-state index contributed by atoms with van der Waals surface area (Å²) in [4.78, 5) is 11.8. The summed E-state index contributed by atoms with van der Waals surface area (Å²) in [6, 6.07) is 11.9. The second kappa shape index (κ2) is 8.41. The van der Waals surface area contributed by atoms with Gasteiger partial charge in [0.2, 0.25) is 5.91 Å². The molecule has 2 aromatic rings. The zero-order valence-electron chi connectivity index (χ0n) is 13.5. The van der Waals surface area contributed by atoms with Gasteiger partial charge in [0.05, 0.1) is 17.9 Å². The van der Waals surface area contributed by atoms with Crippen LogP contribution in [0.5, 0.6) is 5.75 Å². The van der Waals surface area contributed by atoms with Crippen molar-refractivity contribution in [2.24, 2.45) is 0 Å². The Morgan fingerprint density at radius 2 is 1.88 bits per heavy atom. The van der Waals surface area contributed by atoms with Gasteiger partial charge in [-0.2, -0.15) is 13.2 Å². The maximum Gasteiger partial charge on any atom is 0.416 e. The number of benzene rings is 2. The highest BCUT2D eigenvalue weighted by atomic mass is 19.4. The maximum absolute atomic E-state index is 12.6. The number of para-hydroxylation sites is 2. The van der Waals surface area contributed by atoms with Crippen LogP contribution in [0.25, 0.3) is 0 Å². The Hall–Kier alpha value is -2.70. The van der Waals surface area contributed by atoms with E-state index in [1.54, 1.807) is 24.3 Å². The number of anilines is 1. The summed E-state index contributed by atoms with van der Waals surface area (Å²) in [6.45, 7) is 0.375. The highest BCUT2D eigenvalue weighted by Gasteiger charge is 2.30. The molecule has 0 heterocycles. The first-order valence-corrected chi connectivity index (χ1v) is 7.76. The molecule has 0 aliphatic rings. The third kappa shape index (κ3) is 6.02. The van der Waals surface area contributed by atoms with Gasteiger partial charge in [0, 0.05) is 13.0 Å². The fourth-order valence-corrected chi connectivity index (χ4v) is 2.17. The van der Waals surface area contributed by atoms with Crippen molar-refractivity contribution in [2.45, 2.75) is 25.6 Å². The van der Waals surface area contributed by atoms with Gasteiger partial charge >= 0.3 is 6.18 Å². The molecule has 7 heteroatoms. The van der Waals surface area contributed by atoms with E-state index in [0.29, 0.717) is 30.0 Å². The molecule has 0 spiro atoms. The van der Waals surface area contributed by atoms with Crippen LogP contribution in [0, 0.1) is 0 Å². The Morgan fingerprint density at radius 1 is 1.12 bits per heavy atom. The van der Waals surface area contributed by atoms with Crippen LogP contribution in [0.2, 0.25) is 0 Å². The van der Waals surface area contributed by atoms with E-state index >= 15 is 0 Å². The summed E-state index contributed by atoms with van der Waals surface area (Å²) in [6.07, 6.45) is -3.70. The minimum atomic E-state index is -4.39. The van der Waals surface area contributed by atoms with Crippen LogP contribution in [-0.2, 0) is 17.5 Å². The van der Waals surface area contributed by atoms with Crippen LogP contribution >= 0.6 is 0 Å². The molecular formula is C18H19F3N2O2. The standard InChI is InChI=1S/C18H19F3N2O2/c19-18(20,21)14-6-3-5-13(11-14)12-23-17(24)9-4-10-25-16-8-2-1-7-15(16)22/h1-3,5-8,11H,4,9-10,12,22H2,(H,23,24). The molecule has 25 heavy (non-hydrogen) atoms. The summed E-state index contributed by atoms with van der Waals surface area (Å²) in [5.74, 6) is 0.314. The number of carbonyl (C=O) groups excluding carboxylic acids is 1. The molecule has 3 N–H and O–H groups in total. The average molecular weight is 352 g/mol. The first kappa shape index (κ1) is 18.6. The van der Waals surface area contributed by atoms with E-state index in [9.17, 15) is 18.0 Å². The predicted octanol–water partition coefficient (Wildman–Crippen LogP) is 3.76. The third-order valence-corrected chi connectivity index (χ3v) is 3.47. The predicted molar refractivity (Wildman–Crippen MR) is 88.9 cm³/mol. The molecule has 0 aromatic heterocycles. The van der Waals surface area contributed by atoms with Gasteiger partial charge < -0.3 is 15.8 Å². The van der Waals surface area contributed by atoms with Crippen LogP contribution in [0.1, 0.15) is 24.0 Å². The Balaban J connectivity index is 1.72. The number of hydrogen-bond acceptors (Lipinski definition) is 3. The zero-order valence-corrected chi connectivity index (χ0v) is 13.5. The fourth-order valence-electron chi connectivity index (χ4n) is 2.17. The molecule has 0 aliphatic carbocycles. The molecule has 0 unspecified atom stereocenters. The Morgan fingerprint density at radius 3 is 2.60 bits per heavy atom. The van der Waals surface area contributed by atoms with E-state index in [-0.39, 0.29) is 18.9 Å². The number of nitrogens with two attached hydrogens (primary N) is 1. The Kier molecular flexibility index (Phi) is 6.27. The summed E-state index contributed by atoms with van der Waals surface area (Å²) < 4.78 is 43.4. The molecule has 0 saturated carbocycles. The molecule has 1 amide bonds. The van der Waals surface area contributed by atoms with E-state index in [2.05, 4.69) is 5.32 Å². The van der Waals surface area contributed by atoms with Crippen molar-refractivity contribution in [3.8, 4) is 5.75 Å². The number of halogens is 3. The quantitative estimate of drug-likeness (QED) is 0.589. The molecule has 2 aromatic carbocycles. The van der Waals surface area contributed by atoms with Crippen molar-refractivity contribution >= 4 is 11.6 Å². The third-order valence-electron chi connectivity index (χ3n) is 3.47. The largest absolute Gasteiger partial charge is 0.491 e. The number of alkyl halides is 3. The van der Waals surface area contributed by atoms with Crippen molar-refractivity contribution in [3.63, 3.8) is 0 Å². The van der Waals surface area contributed by atoms with Gasteiger partial charge in [0.25, 0.3) is 0 Å². The molecule has 0 atom stereocenters. The summed E-state index contributed by atoms with van der Waals surface area (Å²) in [7, 11) is 0. The average Bonchev–Trinajstić information content (AvgIpc) is 2.58. The van der Waals surface area contributed by atoms with Crippen molar-refractivity contribution < 1.29 is 22.7 Å². The number of ether oxygens (including phenoxy) is 1. The molecular weight excluding hydrogens is 333 g/mol. The number of hydrogen-bond donors (Lipinski definition) is 2. The Bertz CT molecular complexity index is 717. The van der Waals surface area contributed by atoms with Gasteiger partial charge in [-0.1, -0.05) is 24.3 Å². The van der Waals surface area contributed by atoms with Crippen molar-refractivity contribution in [2.75, 3.05) is 12.3 Å². The lowest BCUT2D eigenvalue weighted by molar-refractivity contribution is -0.137. The van der Waals surface area contributed by atoms with Crippen LogP contribution in [0.3, 0.4) is 0 Å². The van der Waals surface area contributed by atoms with Gasteiger partial charge in [0.15, 0.2) is 0 Å². The number of nitrogen functional groups attached to an aromatic ring is 1. The second-order valence-electron chi connectivity index (χ2n) is 5.46. The second-order valence-corrected chi connectivity index (χ2v) is 5.46. The molecule has 134 valence electrons. The summed E-state index contributed by atoms with van der Waals surface area (Å²) in [5.41, 5.74) is 5.93. The van der Waals surface area contributed by atoms with E-state index in [0.717, 1.165) is 12.1 Å². The summed E-state index contributed by atoms with van der Waals surface area (Å²) in [5, 5.41) is 2.60. The minimum Gasteiger partial charge on any atom is -0.491 e. The van der Waals surface area contributed by atoms with Gasteiger partial charge in [-0.25, -0.2) is 0 Å². The first-order chi connectivity index (χ1) is 11.9. The highest BCUT2D eigenvalue weighted by molar-refractivity contribution is 5.75. The Labute approximate surface area is 143 Å². The van der Waals surface area contributed by atoms with Crippen molar-refractivity contribution in [1.29, 1.82) is 0 Å². The molecule has 4 nitrogen and oxygen atoms in total. The lowest BCUT2D eigenvalue weighted by atomic mass is 10.1. The fraction of sp³-hybridized carbons (Fsp3) is 0.278. The monoisotopic (exact) mass is 352 g/mol. The van der Waals surface area contributed by atoms with E-state index in [1.807, 2.05) is 0 Å². The number of amides is 1. The molecule has 0 bridgehead atoms. The summed E-state index contributed by atoms with van der Waals surface area (Å²) >= 11 is 0. The van der Waals surface area contributed by atoms with Crippen LogP contribution in [-0.4, -0.2) is 12.5 Å². The van der Waals surface area contributed by atoms with Gasteiger partial charge in [-0.15, -0.1) is 0 Å². The lowest BCUT2D eigenvalue weighted by Crippen LogP contribution is -2.23. The SMILES string of the molecule is Nc1ccccc1OCCCC(=O)NCc1cccc(C(F)(F)F)c1. The van der Waals surface area contributed by atoms with Crippen LogP contribution in [0.4, 0.5) is 18.9 Å². The normalized spacial score (nSPS) is 11.2. The molecule has 0 saturated heterocycles. The van der Waals surface area contributed by atoms with Gasteiger partial charge in [-0.3, -0.25) is 4.79 Å².